The van der Waals surface area contributed by atoms with Gasteiger partial charge in [-0.25, -0.2) is 4.79 Å². The Morgan fingerprint density at radius 1 is 0.865 bits per heavy atom. The lowest BCUT2D eigenvalue weighted by Gasteiger charge is -2.19. The van der Waals surface area contributed by atoms with Gasteiger partial charge in [0.05, 0.1) is 16.5 Å². The van der Waals surface area contributed by atoms with Crippen LogP contribution in [0.1, 0.15) is 47.1 Å². The molecule has 4 aromatic rings. The van der Waals surface area contributed by atoms with Gasteiger partial charge < -0.3 is 13.9 Å². The van der Waals surface area contributed by atoms with Crippen molar-refractivity contribution < 1.29 is 28.3 Å². The van der Waals surface area contributed by atoms with E-state index in [9.17, 15) is 19.2 Å². The van der Waals surface area contributed by atoms with Gasteiger partial charge in [0.15, 0.2) is 0 Å². The van der Waals surface area contributed by atoms with Crippen molar-refractivity contribution in [1.82, 2.24) is 4.90 Å². The van der Waals surface area contributed by atoms with E-state index >= 15 is 0 Å². The normalized spacial score (nSPS) is 13.1. The Morgan fingerprint density at radius 3 is 2.11 bits per heavy atom. The summed E-state index contributed by atoms with van der Waals surface area (Å²) in [5.74, 6) is -1.30. The molecule has 0 N–H and O–H groups in total. The summed E-state index contributed by atoms with van der Waals surface area (Å²) in [6.45, 7) is 5.78. The van der Waals surface area contributed by atoms with Gasteiger partial charge in [0, 0.05) is 6.07 Å². The molecule has 8 nitrogen and oxygen atoms in total. The number of fused-ring (bicyclic) bond motifs is 2. The molecule has 2 heterocycles. The molecule has 0 bridgehead atoms. The van der Waals surface area contributed by atoms with Crippen LogP contribution in [-0.4, -0.2) is 29.2 Å². The summed E-state index contributed by atoms with van der Waals surface area (Å²) in [5.41, 5.74) is 1.42. The molecule has 186 valence electrons. The second-order valence-corrected chi connectivity index (χ2v) is 9.68. The first-order valence-electron chi connectivity index (χ1n) is 11.6. The van der Waals surface area contributed by atoms with Gasteiger partial charge in [-0.05, 0) is 47.4 Å². The molecule has 3 aromatic carbocycles. The molecule has 8 heteroatoms. The van der Waals surface area contributed by atoms with Gasteiger partial charge in [-0.1, -0.05) is 45.0 Å². The lowest BCUT2D eigenvalue weighted by atomic mass is 9.87. The Balaban J connectivity index is 1.29. The Labute approximate surface area is 212 Å². The summed E-state index contributed by atoms with van der Waals surface area (Å²) >= 11 is 0. The van der Waals surface area contributed by atoms with E-state index < -0.39 is 24.3 Å². The molecule has 0 atom stereocenters. The maximum Gasteiger partial charge on any atom is 0.331 e. The molecule has 5 rings (SSSR count). The van der Waals surface area contributed by atoms with Crippen LogP contribution in [0.15, 0.2) is 82.2 Å². The number of rotatable bonds is 5. The maximum atomic E-state index is 12.9. The Bertz CT molecular complexity index is 1580. The lowest BCUT2D eigenvalue weighted by molar-refractivity contribution is -0.134. The summed E-state index contributed by atoms with van der Waals surface area (Å²) in [6, 6.07) is 18.1. The molecule has 0 radical (unpaired) electrons. The minimum atomic E-state index is -0.810. The van der Waals surface area contributed by atoms with Crippen molar-refractivity contribution >= 4 is 28.8 Å². The van der Waals surface area contributed by atoms with Gasteiger partial charge in [-0.15, -0.1) is 0 Å². The number of benzene rings is 3. The number of hydrogen-bond acceptors (Lipinski definition) is 7. The number of hydrogen-bond donors (Lipinski definition) is 0. The summed E-state index contributed by atoms with van der Waals surface area (Å²) in [7, 11) is 0. The number of nitrogens with zero attached hydrogens (tertiary/aromatic N) is 1. The van der Waals surface area contributed by atoms with E-state index in [0.717, 1.165) is 10.5 Å². The predicted molar refractivity (Wildman–Crippen MR) is 135 cm³/mol. The maximum absolute atomic E-state index is 12.9. The van der Waals surface area contributed by atoms with Gasteiger partial charge in [-0.2, -0.15) is 0 Å². The van der Waals surface area contributed by atoms with Crippen molar-refractivity contribution in [1.29, 1.82) is 0 Å². The highest BCUT2D eigenvalue weighted by Gasteiger charge is 2.36. The Morgan fingerprint density at radius 2 is 1.49 bits per heavy atom. The predicted octanol–water partition coefficient (Wildman–Crippen LogP) is 5.08. The van der Waals surface area contributed by atoms with E-state index in [1.165, 1.54) is 36.6 Å². The molecule has 37 heavy (non-hydrogen) atoms. The lowest BCUT2D eigenvalue weighted by Crippen LogP contribution is -2.36. The number of carbonyl (C=O) groups excluding carboxylic acids is 3. The molecule has 1 aliphatic heterocycles. The van der Waals surface area contributed by atoms with E-state index in [1.807, 2.05) is 12.1 Å². The van der Waals surface area contributed by atoms with Crippen molar-refractivity contribution in [3.05, 3.63) is 99.9 Å². The van der Waals surface area contributed by atoms with Gasteiger partial charge in [0.2, 0.25) is 11.2 Å². The number of ether oxygens (including phenoxy) is 2. The molecule has 2 amide bonds. The smallest absolute Gasteiger partial charge is 0.331 e. The highest BCUT2D eigenvalue weighted by atomic mass is 16.5. The highest BCUT2D eigenvalue weighted by molar-refractivity contribution is 6.22. The van der Waals surface area contributed by atoms with Crippen LogP contribution in [0.2, 0.25) is 0 Å². The highest BCUT2D eigenvalue weighted by Crippen LogP contribution is 2.28. The Hall–Kier alpha value is -4.72. The van der Waals surface area contributed by atoms with E-state index in [1.54, 1.807) is 24.3 Å². The van der Waals surface area contributed by atoms with Crippen molar-refractivity contribution in [2.75, 3.05) is 6.54 Å². The van der Waals surface area contributed by atoms with Crippen LogP contribution in [0.5, 0.6) is 17.2 Å². The van der Waals surface area contributed by atoms with Gasteiger partial charge in [0.1, 0.15) is 29.9 Å². The van der Waals surface area contributed by atoms with Crippen molar-refractivity contribution in [2.24, 2.45) is 0 Å². The standard InChI is InChI=1S/C29H23NO7/c1-29(2,3)17-8-10-18(11-9-17)36-24-16-35-23-14-19(12-13-22(23)26(24)32)37-25(31)15-30-27(33)20-6-4-5-7-21(20)28(30)34/h4-14,16H,15H2,1-3H3. The zero-order chi connectivity index (χ0) is 26.3. The average molecular weight is 498 g/mol. The van der Waals surface area contributed by atoms with Crippen LogP contribution in [0.3, 0.4) is 0 Å². The van der Waals surface area contributed by atoms with E-state index in [0.29, 0.717) is 5.75 Å². The van der Waals surface area contributed by atoms with Crippen molar-refractivity contribution in [3.63, 3.8) is 0 Å². The fourth-order valence-electron chi connectivity index (χ4n) is 4.05. The minimum Gasteiger partial charge on any atom is -0.460 e. The van der Waals surface area contributed by atoms with Crippen LogP contribution < -0.4 is 14.9 Å². The van der Waals surface area contributed by atoms with E-state index in [-0.39, 0.29) is 44.4 Å². The van der Waals surface area contributed by atoms with Crippen molar-refractivity contribution in [2.45, 2.75) is 26.2 Å². The first kappa shape index (κ1) is 24.0. The van der Waals surface area contributed by atoms with Gasteiger partial charge >= 0.3 is 5.97 Å². The van der Waals surface area contributed by atoms with Crippen LogP contribution in [-0.2, 0) is 10.2 Å². The first-order chi connectivity index (χ1) is 17.6. The quantitative estimate of drug-likeness (QED) is 0.215. The summed E-state index contributed by atoms with van der Waals surface area (Å²) in [6.07, 6.45) is 1.20. The third-order valence-electron chi connectivity index (χ3n) is 6.06. The number of carbonyl (C=O) groups is 3. The summed E-state index contributed by atoms with van der Waals surface area (Å²) in [4.78, 5) is 51.2. The number of amides is 2. The fraction of sp³-hybridized carbons (Fsp3) is 0.172. The Kier molecular flexibility index (Phi) is 5.87. The third kappa shape index (κ3) is 4.61. The first-order valence-corrected chi connectivity index (χ1v) is 11.6. The zero-order valence-electron chi connectivity index (χ0n) is 20.4. The van der Waals surface area contributed by atoms with Crippen LogP contribution in [0.25, 0.3) is 11.0 Å². The van der Waals surface area contributed by atoms with Gasteiger partial charge in [-0.3, -0.25) is 19.3 Å². The fourth-order valence-corrected chi connectivity index (χ4v) is 4.05. The molecular weight excluding hydrogens is 474 g/mol. The second kappa shape index (κ2) is 9.05. The van der Waals surface area contributed by atoms with E-state index in [4.69, 9.17) is 13.9 Å². The second-order valence-electron chi connectivity index (χ2n) is 9.68. The molecule has 0 fully saturated rings. The molecule has 1 aliphatic rings. The molecular formula is C29H23NO7. The zero-order valence-corrected chi connectivity index (χ0v) is 20.4. The van der Waals surface area contributed by atoms with E-state index in [2.05, 4.69) is 20.8 Å². The largest absolute Gasteiger partial charge is 0.460 e. The molecule has 0 saturated heterocycles. The molecule has 1 aromatic heterocycles. The molecule has 0 spiro atoms. The minimum absolute atomic E-state index is 0.00774. The topological polar surface area (TPSA) is 103 Å². The van der Waals surface area contributed by atoms with Crippen LogP contribution >= 0.6 is 0 Å². The number of imide groups is 1. The van der Waals surface area contributed by atoms with Crippen LogP contribution in [0.4, 0.5) is 0 Å². The van der Waals surface area contributed by atoms with Crippen LogP contribution in [0, 0.1) is 0 Å². The molecule has 0 aliphatic carbocycles. The van der Waals surface area contributed by atoms with Crippen molar-refractivity contribution in [3.8, 4) is 17.2 Å². The SMILES string of the molecule is CC(C)(C)c1ccc(Oc2coc3cc(OC(=O)CN4C(=O)c5ccccc5C4=O)ccc3c2=O)cc1. The summed E-state index contributed by atoms with van der Waals surface area (Å²) in [5, 5.41) is 0.240. The average Bonchev–Trinajstić information content (AvgIpc) is 3.10. The summed E-state index contributed by atoms with van der Waals surface area (Å²) < 4.78 is 16.6. The molecule has 0 unspecified atom stereocenters. The molecule has 0 saturated carbocycles. The van der Waals surface area contributed by atoms with Gasteiger partial charge in [0.25, 0.3) is 11.8 Å². The number of esters is 1. The monoisotopic (exact) mass is 497 g/mol. The third-order valence-corrected chi connectivity index (χ3v) is 6.06.